The summed E-state index contributed by atoms with van der Waals surface area (Å²) in [5.74, 6) is 0.485. The molecule has 0 bridgehead atoms. The Bertz CT molecular complexity index is 552. The highest BCUT2D eigenvalue weighted by Crippen LogP contribution is 2.46. The number of carbonyl (C=O) groups excluding carboxylic acids is 1. The molecule has 0 radical (unpaired) electrons. The van der Waals surface area contributed by atoms with E-state index in [9.17, 15) is 4.79 Å². The lowest BCUT2D eigenvalue weighted by Gasteiger charge is -2.50. The number of nitrogens with one attached hydrogen (secondary N) is 1. The third-order valence-corrected chi connectivity index (χ3v) is 4.46. The molecule has 3 N–H and O–H groups in total. The van der Waals surface area contributed by atoms with Gasteiger partial charge in [-0.2, -0.15) is 0 Å². The second-order valence-electron chi connectivity index (χ2n) is 6.50. The summed E-state index contributed by atoms with van der Waals surface area (Å²) in [5.41, 5.74) is 5.61. The van der Waals surface area contributed by atoms with Gasteiger partial charge in [0.25, 0.3) is 0 Å². The minimum atomic E-state index is -0.777. The van der Waals surface area contributed by atoms with Crippen LogP contribution in [0.15, 0.2) is 24.3 Å². The number of rotatable bonds is 2. The maximum atomic E-state index is 12.5. The zero-order chi connectivity index (χ0) is 15.1. The van der Waals surface area contributed by atoms with Gasteiger partial charge in [0.2, 0.25) is 5.91 Å². The first-order valence-corrected chi connectivity index (χ1v) is 7.50. The summed E-state index contributed by atoms with van der Waals surface area (Å²) in [6.45, 7) is 7.41. The molecular weight excluding hydrogens is 266 g/mol. The number of benzene rings is 1. The number of hydrogen-bond acceptors (Lipinski definition) is 4. The molecule has 1 atom stereocenters. The fourth-order valence-electron chi connectivity index (χ4n) is 3.65. The predicted molar refractivity (Wildman–Crippen MR) is 81.1 cm³/mol. The van der Waals surface area contributed by atoms with Crippen LogP contribution in [0.3, 0.4) is 0 Å². The third-order valence-electron chi connectivity index (χ3n) is 4.46. The van der Waals surface area contributed by atoms with Crippen LogP contribution in [0.4, 0.5) is 0 Å². The van der Waals surface area contributed by atoms with E-state index in [1.54, 1.807) is 0 Å². The molecule has 5 heteroatoms. The average Bonchev–Trinajstić information content (AvgIpc) is 2.46. The molecule has 0 saturated carbocycles. The normalized spacial score (nSPS) is 28.5. The molecule has 1 unspecified atom stereocenters. The van der Waals surface area contributed by atoms with Crippen molar-refractivity contribution in [3.63, 3.8) is 0 Å². The van der Waals surface area contributed by atoms with Crippen LogP contribution in [0, 0.1) is 0 Å². The van der Waals surface area contributed by atoms with Gasteiger partial charge in [0.15, 0.2) is 0 Å². The van der Waals surface area contributed by atoms with Gasteiger partial charge in [-0.3, -0.25) is 9.69 Å². The van der Waals surface area contributed by atoms with E-state index in [0.29, 0.717) is 6.42 Å². The van der Waals surface area contributed by atoms with Gasteiger partial charge in [0.1, 0.15) is 16.9 Å². The van der Waals surface area contributed by atoms with Gasteiger partial charge in [0.05, 0.1) is 0 Å². The zero-order valence-corrected chi connectivity index (χ0v) is 12.7. The number of fused-ring (bicyclic) bond motifs is 1. The molecule has 21 heavy (non-hydrogen) atoms. The molecule has 0 aromatic heterocycles. The molecule has 2 aliphatic rings. The van der Waals surface area contributed by atoms with Crippen LogP contribution in [-0.2, 0) is 10.3 Å². The molecule has 1 amide bonds. The van der Waals surface area contributed by atoms with Crippen LogP contribution in [-0.4, -0.2) is 42.6 Å². The Morgan fingerprint density at radius 1 is 1.29 bits per heavy atom. The van der Waals surface area contributed by atoms with Crippen molar-refractivity contribution in [3.8, 4) is 5.75 Å². The van der Waals surface area contributed by atoms with Crippen molar-refractivity contribution in [2.45, 2.75) is 31.4 Å². The second-order valence-corrected chi connectivity index (χ2v) is 6.50. The quantitative estimate of drug-likeness (QED) is 0.846. The molecule has 1 aromatic rings. The smallest absolute Gasteiger partial charge is 0.242 e. The lowest BCUT2D eigenvalue weighted by atomic mass is 9.75. The fourth-order valence-corrected chi connectivity index (χ4v) is 3.65. The molecule has 3 rings (SSSR count). The highest BCUT2D eigenvalue weighted by Gasteiger charge is 2.53. The highest BCUT2D eigenvalue weighted by atomic mass is 16.5. The summed E-state index contributed by atoms with van der Waals surface area (Å²) in [6.07, 6.45) is 0.576. The van der Waals surface area contributed by atoms with Crippen molar-refractivity contribution in [2.75, 3.05) is 26.2 Å². The minimum absolute atomic E-state index is 0.284. The molecular formula is C16H23N3O2. The molecule has 0 spiro atoms. The standard InChI is InChI=1S/C16H23N3O2/c1-15(2)11-16(14(17)20,19-9-7-18-8-10-19)12-5-3-4-6-13(12)21-15/h3-6,18H,7-11H2,1-2H3,(H2,17,20). The van der Waals surface area contributed by atoms with E-state index in [4.69, 9.17) is 10.5 Å². The first-order chi connectivity index (χ1) is 9.96. The van der Waals surface area contributed by atoms with Gasteiger partial charge >= 0.3 is 0 Å². The first kappa shape index (κ1) is 14.4. The molecule has 0 aliphatic carbocycles. The average molecular weight is 289 g/mol. The second kappa shape index (κ2) is 5.00. The van der Waals surface area contributed by atoms with Crippen molar-refractivity contribution in [1.29, 1.82) is 0 Å². The van der Waals surface area contributed by atoms with E-state index in [1.165, 1.54) is 0 Å². The SMILES string of the molecule is CC1(C)CC(C(N)=O)(N2CCNCC2)c2ccccc2O1. The fraction of sp³-hybridized carbons (Fsp3) is 0.562. The molecule has 1 fully saturated rings. The van der Waals surface area contributed by atoms with Crippen LogP contribution < -0.4 is 15.8 Å². The highest BCUT2D eigenvalue weighted by molar-refractivity contribution is 5.87. The van der Waals surface area contributed by atoms with Crippen molar-refractivity contribution >= 4 is 5.91 Å². The number of carbonyl (C=O) groups is 1. The Morgan fingerprint density at radius 3 is 2.62 bits per heavy atom. The van der Waals surface area contributed by atoms with E-state index in [1.807, 2.05) is 38.1 Å². The van der Waals surface area contributed by atoms with Crippen LogP contribution in [0.5, 0.6) is 5.75 Å². The number of amides is 1. The Morgan fingerprint density at radius 2 is 1.95 bits per heavy atom. The molecule has 5 nitrogen and oxygen atoms in total. The first-order valence-electron chi connectivity index (χ1n) is 7.50. The van der Waals surface area contributed by atoms with Gasteiger partial charge < -0.3 is 15.8 Å². The molecule has 2 heterocycles. The monoisotopic (exact) mass is 289 g/mol. The number of para-hydroxylation sites is 1. The summed E-state index contributed by atoms with van der Waals surface area (Å²) in [4.78, 5) is 14.7. The summed E-state index contributed by atoms with van der Waals surface area (Å²) in [5, 5.41) is 3.33. The number of ether oxygens (including phenoxy) is 1. The Balaban J connectivity index is 2.16. The number of nitrogens with zero attached hydrogens (tertiary/aromatic N) is 1. The van der Waals surface area contributed by atoms with Gasteiger partial charge in [-0.1, -0.05) is 18.2 Å². The minimum Gasteiger partial charge on any atom is -0.487 e. The van der Waals surface area contributed by atoms with Crippen LogP contribution in [0.1, 0.15) is 25.8 Å². The lowest BCUT2D eigenvalue weighted by molar-refractivity contribution is -0.138. The van der Waals surface area contributed by atoms with E-state index in [0.717, 1.165) is 37.5 Å². The largest absolute Gasteiger partial charge is 0.487 e. The zero-order valence-electron chi connectivity index (χ0n) is 12.7. The molecule has 114 valence electrons. The third kappa shape index (κ3) is 2.30. The number of primary amides is 1. The lowest BCUT2D eigenvalue weighted by Crippen LogP contribution is -2.64. The van der Waals surface area contributed by atoms with Crippen molar-refractivity contribution in [1.82, 2.24) is 10.2 Å². The van der Waals surface area contributed by atoms with Crippen molar-refractivity contribution in [2.24, 2.45) is 5.73 Å². The maximum absolute atomic E-state index is 12.5. The summed E-state index contributed by atoms with van der Waals surface area (Å²) < 4.78 is 6.07. The molecule has 1 saturated heterocycles. The van der Waals surface area contributed by atoms with E-state index < -0.39 is 11.1 Å². The van der Waals surface area contributed by atoms with Crippen LogP contribution >= 0.6 is 0 Å². The Hall–Kier alpha value is -1.59. The topological polar surface area (TPSA) is 67.6 Å². The van der Waals surface area contributed by atoms with Crippen molar-refractivity contribution < 1.29 is 9.53 Å². The summed E-state index contributed by atoms with van der Waals surface area (Å²) in [7, 11) is 0. The number of hydrogen-bond donors (Lipinski definition) is 2. The predicted octanol–water partition coefficient (Wildman–Crippen LogP) is 0.834. The van der Waals surface area contributed by atoms with Gasteiger partial charge in [0, 0.05) is 38.2 Å². The van der Waals surface area contributed by atoms with Crippen LogP contribution in [0.25, 0.3) is 0 Å². The molecule has 1 aromatic carbocycles. The van der Waals surface area contributed by atoms with Gasteiger partial charge in [-0.25, -0.2) is 0 Å². The Labute approximate surface area is 125 Å². The van der Waals surface area contributed by atoms with Gasteiger partial charge in [-0.05, 0) is 19.9 Å². The molecule has 2 aliphatic heterocycles. The summed E-state index contributed by atoms with van der Waals surface area (Å²) in [6, 6.07) is 7.78. The Kier molecular flexibility index (Phi) is 3.42. The van der Waals surface area contributed by atoms with E-state index in [-0.39, 0.29) is 5.91 Å². The maximum Gasteiger partial charge on any atom is 0.242 e. The number of piperazine rings is 1. The summed E-state index contributed by atoms with van der Waals surface area (Å²) >= 11 is 0. The van der Waals surface area contributed by atoms with Crippen LogP contribution in [0.2, 0.25) is 0 Å². The van der Waals surface area contributed by atoms with Crippen molar-refractivity contribution in [3.05, 3.63) is 29.8 Å². The van der Waals surface area contributed by atoms with Gasteiger partial charge in [-0.15, -0.1) is 0 Å². The van der Waals surface area contributed by atoms with E-state index >= 15 is 0 Å². The number of nitrogens with two attached hydrogens (primary N) is 1. The van der Waals surface area contributed by atoms with E-state index in [2.05, 4.69) is 10.2 Å².